The maximum atomic E-state index is 2.44. The Morgan fingerprint density at radius 1 is 0.762 bits per heavy atom. The van der Waals surface area contributed by atoms with Gasteiger partial charge in [-0.15, -0.1) is 34.4 Å². The van der Waals surface area contributed by atoms with Crippen molar-refractivity contribution >= 4 is 70.8 Å². The SMILES string of the molecule is C1=CC2Sc3ccc4sc5ccc6sc1c1c6c5c4c3C12. The van der Waals surface area contributed by atoms with Gasteiger partial charge in [0, 0.05) is 51.2 Å². The zero-order valence-corrected chi connectivity index (χ0v) is 13.3. The summed E-state index contributed by atoms with van der Waals surface area (Å²) in [6.07, 6.45) is 4.81. The minimum atomic E-state index is 0.607. The average Bonchev–Trinajstić information content (AvgIpc) is 3.14. The fourth-order valence-corrected chi connectivity index (χ4v) is 8.12. The first-order valence-corrected chi connectivity index (χ1v) is 9.71. The molecule has 2 aromatic heterocycles. The molecule has 98 valence electrons. The number of rotatable bonds is 0. The van der Waals surface area contributed by atoms with Crippen LogP contribution in [-0.4, -0.2) is 5.25 Å². The van der Waals surface area contributed by atoms with E-state index in [0.717, 1.165) is 0 Å². The van der Waals surface area contributed by atoms with Gasteiger partial charge < -0.3 is 0 Å². The van der Waals surface area contributed by atoms with E-state index in [1.54, 1.807) is 27.3 Å². The highest BCUT2D eigenvalue weighted by Crippen LogP contribution is 2.62. The Morgan fingerprint density at radius 2 is 1.52 bits per heavy atom. The summed E-state index contributed by atoms with van der Waals surface area (Å²) in [6, 6.07) is 9.38. The summed E-state index contributed by atoms with van der Waals surface area (Å²) < 4.78 is 4.42. The number of hydrogen-bond donors (Lipinski definition) is 0. The van der Waals surface area contributed by atoms with Crippen molar-refractivity contribution in [1.29, 1.82) is 0 Å². The van der Waals surface area contributed by atoms with E-state index in [1.165, 1.54) is 23.9 Å². The lowest BCUT2D eigenvalue weighted by Gasteiger charge is -2.25. The summed E-state index contributed by atoms with van der Waals surface area (Å²) in [7, 11) is 0. The van der Waals surface area contributed by atoms with E-state index in [9.17, 15) is 0 Å². The molecule has 2 atom stereocenters. The Labute approximate surface area is 133 Å². The second kappa shape index (κ2) is 3.07. The molecule has 2 aliphatic carbocycles. The first-order valence-electron chi connectivity index (χ1n) is 7.19. The molecule has 0 fully saturated rings. The van der Waals surface area contributed by atoms with Crippen molar-refractivity contribution < 1.29 is 0 Å². The fraction of sp³-hybridized carbons (Fsp3) is 0.111. The molecule has 0 saturated carbocycles. The molecule has 2 aromatic carbocycles. The molecule has 3 aliphatic rings. The van der Waals surface area contributed by atoms with Crippen molar-refractivity contribution in [1.82, 2.24) is 0 Å². The van der Waals surface area contributed by atoms with E-state index < -0.39 is 0 Å². The predicted molar refractivity (Wildman–Crippen MR) is 95.2 cm³/mol. The van der Waals surface area contributed by atoms with Crippen LogP contribution in [-0.2, 0) is 0 Å². The minimum absolute atomic E-state index is 0.607. The van der Waals surface area contributed by atoms with Gasteiger partial charge in [0.25, 0.3) is 0 Å². The molecular weight excluding hydrogens is 312 g/mol. The van der Waals surface area contributed by atoms with Crippen LogP contribution >= 0.6 is 34.4 Å². The summed E-state index contributed by atoms with van der Waals surface area (Å²) in [4.78, 5) is 3.02. The number of benzene rings is 2. The maximum Gasteiger partial charge on any atom is 0.0388 e. The van der Waals surface area contributed by atoms with Crippen LogP contribution in [0, 0.1) is 0 Å². The van der Waals surface area contributed by atoms with E-state index in [-0.39, 0.29) is 0 Å². The van der Waals surface area contributed by atoms with Crippen LogP contribution in [0.15, 0.2) is 35.2 Å². The molecule has 0 saturated heterocycles. The molecule has 0 N–H and O–H groups in total. The van der Waals surface area contributed by atoms with Crippen LogP contribution in [0.4, 0.5) is 0 Å². The summed E-state index contributed by atoms with van der Waals surface area (Å²) >= 11 is 6.01. The summed E-state index contributed by atoms with van der Waals surface area (Å²) in [5.41, 5.74) is 3.27. The van der Waals surface area contributed by atoms with Crippen LogP contribution in [0.3, 0.4) is 0 Å². The largest absolute Gasteiger partial charge is 0.136 e. The maximum absolute atomic E-state index is 2.44. The van der Waals surface area contributed by atoms with Crippen molar-refractivity contribution in [2.24, 2.45) is 0 Å². The highest BCUT2D eigenvalue weighted by Gasteiger charge is 2.42. The standard InChI is InChI=1S/C18H8S3/c1-2-8-14-13-7(1)19-9-3-4-11-17(15(9)13)18-12(21-11)6-5-10(20-8)16(14)18/h1-7,13H. The monoisotopic (exact) mass is 320 g/mol. The molecule has 3 heterocycles. The number of thioether (sulfide) groups is 1. The molecular formula is C18H8S3. The van der Waals surface area contributed by atoms with Gasteiger partial charge in [0.05, 0.1) is 0 Å². The normalized spacial score (nSPS) is 23.8. The Kier molecular flexibility index (Phi) is 1.53. The van der Waals surface area contributed by atoms with Gasteiger partial charge in [-0.1, -0.05) is 6.08 Å². The molecule has 0 bridgehead atoms. The summed E-state index contributed by atoms with van der Waals surface area (Å²) in [6.45, 7) is 0. The van der Waals surface area contributed by atoms with E-state index >= 15 is 0 Å². The molecule has 1 aliphatic heterocycles. The highest BCUT2D eigenvalue weighted by molar-refractivity contribution is 8.00. The van der Waals surface area contributed by atoms with Gasteiger partial charge in [-0.2, -0.15) is 0 Å². The van der Waals surface area contributed by atoms with Gasteiger partial charge in [-0.3, -0.25) is 0 Å². The molecule has 0 amide bonds. The average molecular weight is 320 g/mol. The van der Waals surface area contributed by atoms with E-state index in [1.807, 2.05) is 22.7 Å². The third-order valence-corrected chi connectivity index (χ3v) is 8.74. The lowest BCUT2D eigenvalue weighted by Crippen LogP contribution is -2.14. The second-order valence-electron chi connectivity index (χ2n) is 6.06. The predicted octanol–water partition coefficient (Wildman–Crippen LogP) is 6.22. The third-order valence-electron chi connectivity index (χ3n) is 5.17. The van der Waals surface area contributed by atoms with Crippen LogP contribution in [0.5, 0.6) is 0 Å². The van der Waals surface area contributed by atoms with Gasteiger partial charge in [-0.05, 0) is 41.5 Å². The summed E-state index contributed by atoms with van der Waals surface area (Å²) in [5.74, 6) is 0.607. The van der Waals surface area contributed by atoms with Gasteiger partial charge in [0.2, 0.25) is 0 Å². The second-order valence-corrected chi connectivity index (χ2v) is 9.45. The smallest absolute Gasteiger partial charge is 0.0388 e. The molecule has 4 aromatic rings. The van der Waals surface area contributed by atoms with E-state index in [0.29, 0.717) is 11.2 Å². The van der Waals surface area contributed by atoms with Crippen molar-refractivity contribution in [2.45, 2.75) is 16.1 Å². The first-order chi connectivity index (χ1) is 10.4. The topological polar surface area (TPSA) is 0 Å². The van der Waals surface area contributed by atoms with Crippen LogP contribution < -0.4 is 0 Å². The summed E-state index contributed by atoms with van der Waals surface area (Å²) in [5, 5.41) is 5.31. The van der Waals surface area contributed by atoms with Gasteiger partial charge in [0.1, 0.15) is 0 Å². The van der Waals surface area contributed by atoms with Crippen molar-refractivity contribution in [2.75, 3.05) is 0 Å². The Hall–Kier alpha value is -1.29. The molecule has 0 radical (unpaired) electrons. The lowest BCUT2D eigenvalue weighted by atomic mass is 9.78. The quantitative estimate of drug-likeness (QED) is 0.371. The highest BCUT2D eigenvalue weighted by atomic mass is 32.2. The Morgan fingerprint density at radius 3 is 2.48 bits per heavy atom. The van der Waals surface area contributed by atoms with Crippen molar-refractivity contribution in [3.05, 3.63) is 46.3 Å². The van der Waals surface area contributed by atoms with Gasteiger partial charge in [0.15, 0.2) is 0 Å². The molecule has 2 unspecified atom stereocenters. The van der Waals surface area contributed by atoms with Crippen LogP contribution in [0.1, 0.15) is 21.9 Å². The molecule has 7 rings (SSSR count). The number of thiophene rings is 2. The zero-order valence-electron chi connectivity index (χ0n) is 10.8. The number of hydrogen-bond acceptors (Lipinski definition) is 3. The van der Waals surface area contributed by atoms with Crippen LogP contribution in [0.25, 0.3) is 36.3 Å². The van der Waals surface area contributed by atoms with Crippen molar-refractivity contribution in [3.8, 4) is 0 Å². The molecule has 0 spiro atoms. The lowest BCUT2D eigenvalue weighted by molar-refractivity contribution is 0.865. The molecule has 3 heteroatoms. The van der Waals surface area contributed by atoms with Gasteiger partial charge in [-0.25, -0.2) is 0 Å². The third kappa shape index (κ3) is 0.962. The Bertz CT molecular complexity index is 1170. The van der Waals surface area contributed by atoms with Gasteiger partial charge >= 0.3 is 0 Å². The first kappa shape index (κ1) is 10.4. The minimum Gasteiger partial charge on any atom is -0.136 e. The molecule has 0 nitrogen and oxygen atoms in total. The van der Waals surface area contributed by atoms with Crippen molar-refractivity contribution in [3.63, 3.8) is 0 Å². The molecule has 21 heavy (non-hydrogen) atoms. The van der Waals surface area contributed by atoms with E-state index in [4.69, 9.17) is 0 Å². The zero-order chi connectivity index (χ0) is 13.3. The van der Waals surface area contributed by atoms with E-state index in [2.05, 4.69) is 48.2 Å². The van der Waals surface area contributed by atoms with Crippen LogP contribution in [0.2, 0.25) is 0 Å². The fourth-order valence-electron chi connectivity index (χ4n) is 4.45. The Balaban J connectivity index is 1.97.